The molecule has 0 unspecified atom stereocenters. The molecule has 0 atom stereocenters. The van der Waals surface area contributed by atoms with Gasteiger partial charge in [-0.25, -0.2) is 0 Å². The maximum absolute atomic E-state index is 11.2. The van der Waals surface area contributed by atoms with Crippen LogP contribution < -0.4 is 0 Å². The molecule has 1 aliphatic rings. The third-order valence-electron chi connectivity index (χ3n) is 1.52. The molecule has 1 aliphatic heterocycles. The molecule has 56 valence electrons. The number of hydrogen-bond acceptors (Lipinski definition) is 2. The van der Waals surface area contributed by atoms with Gasteiger partial charge in [0.2, 0.25) is 6.54 Å². The zero-order valence-corrected chi connectivity index (χ0v) is 7.98. The molecule has 0 N–H and O–H groups in total. The molecular formula is C7H5BrNOS+. The van der Waals surface area contributed by atoms with Crippen molar-refractivity contribution in [2.24, 2.45) is 0 Å². The number of hydrogen-bond donors (Lipinski definition) is 0. The van der Waals surface area contributed by atoms with Crippen molar-refractivity contribution in [1.82, 2.24) is 0 Å². The maximum Gasteiger partial charge on any atom is 0.274 e. The highest BCUT2D eigenvalue weighted by molar-refractivity contribution is 9.11. The SMILES string of the molecule is O=[N+]1CC(Br)=Cc2sccc21. The van der Waals surface area contributed by atoms with Crippen molar-refractivity contribution in [1.29, 1.82) is 0 Å². The number of fused-ring (bicyclic) bond motifs is 1. The predicted octanol–water partition coefficient (Wildman–Crippen LogP) is 2.91. The largest absolute Gasteiger partial charge is 0.274 e. The highest BCUT2D eigenvalue weighted by Gasteiger charge is 2.24. The third kappa shape index (κ3) is 1.16. The Morgan fingerprint density at radius 3 is 3.27 bits per heavy atom. The normalized spacial score (nSPS) is 16.1. The molecule has 2 heterocycles. The third-order valence-corrected chi connectivity index (χ3v) is 2.86. The average Bonchev–Trinajstić information content (AvgIpc) is 2.34. The summed E-state index contributed by atoms with van der Waals surface area (Å²) in [6.45, 7) is 0.434. The van der Waals surface area contributed by atoms with Crippen LogP contribution in [0.15, 0.2) is 15.9 Å². The molecule has 0 saturated heterocycles. The van der Waals surface area contributed by atoms with E-state index in [-0.39, 0.29) is 0 Å². The minimum atomic E-state index is 0.434. The summed E-state index contributed by atoms with van der Waals surface area (Å²) in [6, 6.07) is 1.85. The Bertz CT molecular complexity index is 342. The van der Waals surface area contributed by atoms with E-state index in [1.165, 1.54) is 0 Å². The van der Waals surface area contributed by atoms with Gasteiger partial charge in [0.05, 0.1) is 4.48 Å². The summed E-state index contributed by atoms with van der Waals surface area (Å²) in [4.78, 5) is 12.2. The Balaban J connectivity index is 2.60. The molecular weight excluding hydrogens is 226 g/mol. The van der Waals surface area contributed by atoms with Crippen LogP contribution in [0.25, 0.3) is 6.08 Å². The molecule has 1 aromatic rings. The van der Waals surface area contributed by atoms with E-state index in [0.717, 1.165) is 19.8 Å². The van der Waals surface area contributed by atoms with Gasteiger partial charge >= 0.3 is 0 Å². The van der Waals surface area contributed by atoms with Crippen molar-refractivity contribution in [2.45, 2.75) is 0 Å². The van der Waals surface area contributed by atoms with Gasteiger partial charge in [0.15, 0.2) is 0 Å². The van der Waals surface area contributed by atoms with Gasteiger partial charge in [0.1, 0.15) is 4.88 Å². The van der Waals surface area contributed by atoms with Crippen molar-refractivity contribution >= 4 is 39.0 Å². The summed E-state index contributed by atoms with van der Waals surface area (Å²) in [5.41, 5.74) is 0.790. The van der Waals surface area contributed by atoms with Crippen LogP contribution >= 0.6 is 27.3 Å². The van der Waals surface area contributed by atoms with E-state index in [9.17, 15) is 4.91 Å². The number of nitroso groups, excluding NO2 is 1. The molecule has 2 rings (SSSR count). The maximum atomic E-state index is 11.2. The van der Waals surface area contributed by atoms with Crippen molar-refractivity contribution in [3.63, 3.8) is 0 Å². The number of nitrogens with zero attached hydrogens (tertiary/aromatic N) is 1. The minimum Gasteiger partial charge on any atom is -0.137 e. The summed E-state index contributed by atoms with van der Waals surface area (Å²) < 4.78 is 1.94. The lowest BCUT2D eigenvalue weighted by atomic mass is 10.3. The van der Waals surface area contributed by atoms with E-state index in [1.54, 1.807) is 11.3 Å². The van der Waals surface area contributed by atoms with E-state index in [0.29, 0.717) is 6.54 Å². The number of halogens is 1. The first-order chi connectivity index (χ1) is 5.27. The Kier molecular flexibility index (Phi) is 1.65. The Hall–Kier alpha value is -0.480. The first-order valence-corrected chi connectivity index (χ1v) is 4.83. The van der Waals surface area contributed by atoms with Crippen molar-refractivity contribution in [3.05, 3.63) is 25.7 Å². The Morgan fingerprint density at radius 1 is 1.64 bits per heavy atom. The second-order valence-electron chi connectivity index (χ2n) is 2.30. The second-order valence-corrected chi connectivity index (χ2v) is 4.26. The smallest absolute Gasteiger partial charge is 0.137 e. The van der Waals surface area contributed by atoms with Crippen molar-refractivity contribution < 1.29 is 4.76 Å². The highest BCUT2D eigenvalue weighted by Crippen LogP contribution is 2.32. The van der Waals surface area contributed by atoms with E-state index in [2.05, 4.69) is 15.9 Å². The lowest BCUT2D eigenvalue weighted by molar-refractivity contribution is -0.452. The molecule has 0 amide bonds. The minimum absolute atomic E-state index is 0.434. The van der Waals surface area contributed by atoms with Crippen LogP contribution in [0.5, 0.6) is 0 Å². The standard InChI is InChI=1S/C7H5BrNOS/c8-5-3-7-6(1-2-11-7)9(10)4-5/h1-3H,4H2/q+1. The van der Waals surface area contributed by atoms with Gasteiger partial charge in [-0.2, -0.15) is 0 Å². The van der Waals surface area contributed by atoms with Gasteiger partial charge < -0.3 is 0 Å². The molecule has 1 aromatic heterocycles. The van der Waals surface area contributed by atoms with Crippen molar-refractivity contribution in [2.75, 3.05) is 6.54 Å². The molecule has 0 aliphatic carbocycles. The zero-order valence-electron chi connectivity index (χ0n) is 5.58. The van der Waals surface area contributed by atoms with Gasteiger partial charge in [0.25, 0.3) is 5.69 Å². The molecule has 0 radical (unpaired) electrons. The molecule has 0 bridgehead atoms. The Labute approximate surface area is 76.2 Å². The van der Waals surface area contributed by atoms with Gasteiger partial charge in [-0.05, 0) is 27.4 Å². The van der Waals surface area contributed by atoms with Crippen LogP contribution in [0.2, 0.25) is 0 Å². The summed E-state index contributed by atoms with van der Waals surface area (Å²) in [5, 5.41) is 1.93. The van der Waals surface area contributed by atoms with Crippen LogP contribution in [-0.2, 0) is 0 Å². The first-order valence-electron chi connectivity index (χ1n) is 3.15. The molecule has 0 aromatic carbocycles. The lowest BCUT2D eigenvalue weighted by Gasteiger charge is -1.98. The molecule has 2 nitrogen and oxygen atoms in total. The number of thiophene rings is 1. The van der Waals surface area contributed by atoms with Crippen LogP contribution in [0.1, 0.15) is 4.88 Å². The van der Waals surface area contributed by atoms with Crippen LogP contribution in [-0.4, -0.2) is 11.3 Å². The van der Waals surface area contributed by atoms with Gasteiger partial charge in [-0.3, -0.25) is 0 Å². The molecule has 0 fully saturated rings. The predicted molar refractivity (Wildman–Crippen MR) is 49.4 cm³/mol. The fraction of sp³-hybridized carbons (Fsp3) is 0.143. The van der Waals surface area contributed by atoms with Gasteiger partial charge in [-0.1, -0.05) is 0 Å². The fourth-order valence-corrected chi connectivity index (χ4v) is 2.49. The summed E-state index contributed by atoms with van der Waals surface area (Å²) in [6.07, 6.45) is 1.99. The van der Waals surface area contributed by atoms with E-state index in [4.69, 9.17) is 0 Å². The quantitative estimate of drug-likeness (QED) is 0.628. The van der Waals surface area contributed by atoms with Crippen molar-refractivity contribution in [3.8, 4) is 0 Å². The first kappa shape index (κ1) is 7.18. The topological polar surface area (TPSA) is 20.1 Å². The summed E-state index contributed by atoms with van der Waals surface area (Å²) in [5.74, 6) is 0. The molecule has 0 saturated carbocycles. The molecule has 0 spiro atoms. The van der Waals surface area contributed by atoms with E-state index in [1.807, 2.05) is 17.5 Å². The summed E-state index contributed by atoms with van der Waals surface area (Å²) >= 11 is 4.89. The Morgan fingerprint density at radius 2 is 2.45 bits per heavy atom. The van der Waals surface area contributed by atoms with E-state index < -0.39 is 0 Å². The summed E-state index contributed by atoms with van der Waals surface area (Å²) in [7, 11) is 0. The van der Waals surface area contributed by atoms with E-state index >= 15 is 0 Å². The molecule has 4 heteroatoms. The van der Waals surface area contributed by atoms with Crippen LogP contribution in [0.4, 0.5) is 5.69 Å². The number of rotatable bonds is 0. The molecule has 11 heavy (non-hydrogen) atoms. The fourth-order valence-electron chi connectivity index (χ4n) is 1.04. The van der Waals surface area contributed by atoms with Gasteiger partial charge in [-0.15, -0.1) is 11.3 Å². The second kappa shape index (κ2) is 2.53. The zero-order chi connectivity index (χ0) is 7.84. The lowest BCUT2D eigenvalue weighted by Crippen LogP contribution is -2.06. The average molecular weight is 231 g/mol. The monoisotopic (exact) mass is 230 g/mol. The highest BCUT2D eigenvalue weighted by atomic mass is 79.9. The van der Waals surface area contributed by atoms with Gasteiger partial charge in [0, 0.05) is 15.7 Å². The van der Waals surface area contributed by atoms with Crippen LogP contribution in [0, 0.1) is 4.91 Å². The van der Waals surface area contributed by atoms with Crippen LogP contribution in [0.3, 0.4) is 0 Å².